The molecule has 0 fully saturated rings. The number of aliphatic hydroxyl groups excluding tert-OH is 1. The molecule has 3 N–H and O–H groups in total. The molecule has 1 amide bonds. The van der Waals surface area contributed by atoms with Crippen molar-refractivity contribution in [2.45, 2.75) is 26.1 Å². The van der Waals surface area contributed by atoms with E-state index < -0.39 is 0 Å². The summed E-state index contributed by atoms with van der Waals surface area (Å²) in [6.45, 7) is 2.71. The summed E-state index contributed by atoms with van der Waals surface area (Å²) < 4.78 is 1.56. The van der Waals surface area contributed by atoms with Crippen LogP contribution in [0, 0.1) is 0 Å². The lowest BCUT2D eigenvalue weighted by Gasteiger charge is -2.10. The zero-order chi connectivity index (χ0) is 12.0. The summed E-state index contributed by atoms with van der Waals surface area (Å²) in [7, 11) is 1.60. The van der Waals surface area contributed by atoms with Crippen LogP contribution in [-0.2, 0) is 17.9 Å². The maximum atomic E-state index is 11.2. The molecule has 0 radical (unpaired) electrons. The van der Waals surface area contributed by atoms with Crippen LogP contribution in [0.5, 0.6) is 0 Å². The summed E-state index contributed by atoms with van der Waals surface area (Å²) in [6.07, 6.45) is 1.74. The number of likely N-dealkylation sites (N-methyl/N-ethyl adjacent to an activating group) is 1. The number of hydrogen-bond acceptors (Lipinski definition) is 5. The normalized spacial score (nSPS) is 12.4. The Labute approximate surface area is 93.8 Å². The lowest BCUT2D eigenvalue weighted by molar-refractivity contribution is -0.122. The van der Waals surface area contributed by atoms with Crippen molar-refractivity contribution in [2.75, 3.05) is 13.7 Å². The molecular formula is C9H17N5O2. The molecule has 7 heteroatoms. The van der Waals surface area contributed by atoms with Crippen LogP contribution >= 0.6 is 0 Å². The largest absolute Gasteiger partial charge is 0.394 e. The minimum atomic E-state index is -0.270. The zero-order valence-electron chi connectivity index (χ0n) is 9.47. The highest BCUT2D eigenvalue weighted by Gasteiger charge is 2.10. The molecule has 16 heavy (non-hydrogen) atoms. The van der Waals surface area contributed by atoms with Crippen molar-refractivity contribution in [1.82, 2.24) is 25.6 Å². The highest BCUT2D eigenvalue weighted by atomic mass is 16.3. The minimum Gasteiger partial charge on any atom is -0.394 e. The van der Waals surface area contributed by atoms with Crippen LogP contribution in [0.4, 0.5) is 0 Å². The summed E-state index contributed by atoms with van der Waals surface area (Å²) in [4.78, 5) is 11.2. The zero-order valence-corrected chi connectivity index (χ0v) is 9.47. The minimum absolute atomic E-state index is 0.0326. The Morgan fingerprint density at radius 3 is 3.06 bits per heavy atom. The molecular weight excluding hydrogens is 210 g/mol. The molecule has 1 atom stereocenters. The predicted octanol–water partition coefficient (Wildman–Crippen LogP) is -1.51. The van der Waals surface area contributed by atoms with Crippen LogP contribution in [0.1, 0.15) is 12.6 Å². The summed E-state index contributed by atoms with van der Waals surface area (Å²) in [5.41, 5.74) is 0.740. The van der Waals surface area contributed by atoms with Crippen molar-refractivity contribution < 1.29 is 9.90 Å². The average Bonchev–Trinajstić information content (AvgIpc) is 2.73. The number of amides is 1. The molecule has 0 bridgehead atoms. The number of hydrogen-bond donors (Lipinski definition) is 3. The summed E-state index contributed by atoms with van der Waals surface area (Å²) >= 11 is 0. The number of carbonyl (C=O) groups is 1. The number of nitrogens with zero attached hydrogens (tertiary/aromatic N) is 3. The van der Waals surface area contributed by atoms with Crippen LogP contribution < -0.4 is 10.6 Å². The lowest BCUT2D eigenvalue weighted by atomic mass is 10.3. The molecule has 1 aromatic heterocycles. The molecule has 1 unspecified atom stereocenters. The Kier molecular flexibility index (Phi) is 4.87. The van der Waals surface area contributed by atoms with Crippen LogP contribution in [0.2, 0.25) is 0 Å². The Balaban J connectivity index is 2.39. The van der Waals surface area contributed by atoms with Gasteiger partial charge in [-0.25, -0.2) is 4.68 Å². The predicted molar refractivity (Wildman–Crippen MR) is 57.5 cm³/mol. The maximum absolute atomic E-state index is 11.2. The smallest absolute Gasteiger partial charge is 0.236 e. The van der Waals surface area contributed by atoms with Gasteiger partial charge in [-0.3, -0.25) is 4.79 Å². The van der Waals surface area contributed by atoms with Crippen LogP contribution in [0.3, 0.4) is 0 Å². The molecule has 7 nitrogen and oxygen atoms in total. The van der Waals surface area contributed by atoms with E-state index in [2.05, 4.69) is 20.9 Å². The second-order valence-electron chi connectivity index (χ2n) is 3.41. The molecule has 1 rings (SSSR count). The molecule has 0 aromatic carbocycles. The fourth-order valence-corrected chi connectivity index (χ4v) is 1.20. The van der Waals surface area contributed by atoms with Crippen LogP contribution in [0.15, 0.2) is 6.20 Å². The van der Waals surface area contributed by atoms with Gasteiger partial charge in [-0.1, -0.05) is 5.21 Å². The summed E-state index contributed by atoms with van der Waals surface area (Å²) in [6, 6.07) is -0.270. The second kappa shape index (κ2) is 6.19. The van der Waals surface area contributed by atoms with Gasteiger partial charge in [-0.05, 0) is 6.92 Å². The Morgan fingerprint density at radius 2 is 2.44 bits per heavy atom. The molecule has 1 heterocycles. The van der Waals surface area contributed by atoms with E-state index >= 15 is 0 Å². The monoisotopic (exact) mass is 227 g/mol. The first-order chi connectivity index (χ1) is 7.67. The average molecular weight is 227 g/mol. The number of rotatable bonds is 6. The van der Waals surface area contributed by atoms with Crippen molar-refractivity contribution in [3.05, 3.63) is 11.9 Å². The van der Waals surface area contributed by atoms with Crippen molar-refractivity contribution in [3.63, 3.8) is 0 Å². The quantitative estimate of drug-likeness (QED) is 0.550. The molecule has 1 aromatic rings. The standard InChI is InChI=1S/C9H17N5O2/c1-7(9(16)10-2)11-5-8-6-14(3-4-15)13-12-8/h6-7,11,15H,3-5H2,1-2H3,(H,10,16). The van der Waals surface area contributed by atoms with E-state index in [-0.39, 0.29) is 18.6 Å². The van der Waals surface area contributed by atoms with Crippen molar-refractivity contribution in [1.29, 1.82) is 0 Å². The van der Waals surface area contributed by atoms with Crippen molar-refractivity contribution in [2.24, 2.45) is 0 Å². The molecule has 0 spiro atoms. The maximum Gasteiger partial charge on any atom is 0.236 e. The van der Waals surface area contributed by atoms with Gasteiger partial charge < -0.3 is 15.7 Å². The van der Waals surface area contributed by atoms with E-state index in [9.17, 15) is 4.79 Å². The van der Waals surface area contributed by atoms with E-state index in [0.29, 0.717) is 13.1 Å². The first kappa shape index (κ1) is 12.6. The summed E-state index contributed by atoms with van der Waals surface area (Å²) in [5, 5.41) is 22.0. The van der Waals surface area contributed by atoms with Gasteiger partial charge in [0.2, 0.25) is 5.91 Å². The molecule has 0 aliphatic rings. The van der Waals surface area contributed by atoms with Gasteiger partial charge in [0, 0.05) is 19.8 Å². The third-order valence-corrected chi connectivity index (χ3v) is 2.14. The third kappa shape index (κ3) is 3.59. The van der Waals surface area contributed by atoms with Gasteiger partial charge in [-0.15, -0.1) is 5.10 Å². The number of aromatic nitrogens is 3. The Hall–Kier alpha value is -1.47. The number of aliphatic hydroxyl groups is 1. The summed E-state index contributed by atoms with van der Waals surface area (Å²) in [5.74, 6) is -0.0669. The van der Waals surface area contributed by atoms with Gasteiger partial charge in [-0.2, -0.15) is 0 Å². The second-order valence-corrected chi connectivity index (χ2v) is 3.41. The lowest BCUT2D eigenvalue weighted by Crippen LogP contribution is -2.40. The SMILES string of the molecule is CNC(=O)C(C)NCc1cn(CCO)nn1. The van der Waals surface area contributed by atoms with Gasteiger partial charge in [0.05, 0.1) is 24.9 Å². The first-order valence-corrected chi connectivity index (χ1v) is 5.12. The van der Waals surface area contributed by atoms with Crippen LogP contribution in [-0.4, -0.2) is 45.7 Å². The van der Waals surface area contributed by atoms with Gasteiger partial charge >= 0.3 is 0 Å². The molecule has 0 aliphatic carbocycles. The van der Waals surface area contributed by atoms with E-state index in [0.717, 1.165) is 5.69 Å². The third-order valence-electron chi connectivity index (χ3n) is 2.14. The fraction of sp³-hybridized carbons (Fsp3) is 0.667. The molecule has 0 saturated heterocycles. The van der Waals surface area contributed by atoms with Crippen molar-refractivity contribution in [3.8, 4) is 0 Å². The number of carbonyl (C=O) groups excluding carboxylic acids is 1. The molecule has 90 valence electrons. The topological polar surface area (TPSA) is 92.1 Å². The van der Waals surface area contributed by atoms with Crippen molar-refractivity contribution >= 4 is 5.91 Å². The highest BCUT2D eigenvalue weighted by Crippen LogP contribution is 1.93. The van der Waals surface area contributed by atoms with E-state index in [1.807, 2.05) is 0 Å². The fourth-order valence-electron chi connectivity index (χ4n) is 1.20. The van der Waals surface area contributed by atoms with Gasteiger partial charge in [0.15, 0.2) is 0 Å². The first-order valence-electron chi connectivity index (χ1n) is 5.12. The van der Waals surface area contributed by atoms with Gasteiger partial charge in [0.1, 0.15) is 0 Å². The molecule has 0 saturated carbocycles. The van der Waals surface area contributed by atoms with E-state index in [1.165, 1.54) is 0 Å². The van der Waals surface area contributed by atoms with E-state index in [1.54, 1.807) is 24.9 Å². The highest BCUT2D eigenvalue weighted by molar-refractivity contribution is 5.80. The number of nitrogens with one attached hydrogen (secondary N) is 2. The van der Waals surface area contributed by atoms with E-state index in [4.69, 9.17) is 5.11 Å². The van der Waals surface area contributed by atoms with Crippen LogP contribution in [0.25, 0.3) is 0 Å². The van der Waals surface area contributed by atoms with Gasteiger partial charge in [0.25, 0.3) is 0 Å². The Morgan fingerprint density at radius 1 is 1.69 bits per heavy atom. The Bertz CT molecular complexity index is 338. The molecule has 0 aliphatic heterocycles.